The minimum absolute atomic E-state index is 0. The molecule has 0 unspecified atom stereocenters. The van der Waals surface area contributed by atoms with E-state index in [2.05, 4.69) is 0 Å². The van der Waals surface area contributed by atoms with Crippen LogP contribution in [0.4, 0.5) is 0 Å². The van der Waals surface area contributed by atoms with Crippen molar-refractivity contribution < 1.29 is 13.3 Å². The van der Waals surface area contributed by atoms with Gasteiger partial charge >= 0.3 is 40.4 Å². The number of hydrogen-bond acceptors (Lipinski definition) is 3. The fraction of sp³-hybridized carbons (Fsp3) is 0. The molecule has 3 nitrogen and oxygen atoms in total. The second-order valence-electron chi connectivity index (χ2n) is 0.204. The van der Waals surface area contributed by atoms with Crippen LogP contribution in [0.15, 0.2) is 0 Å². The molecule has 0 spiro atoms. The van der Waals surface area contributed by atoms with Gasteiger partial charge in [0.2, 0.25) is 0 Å². The van der Waals surface area contributed by atoms with E-state index in [4.69, 9.17) is 13.3 Å². The summed E-state index contributed by atoms with van der Waals surface area (Å²) in [6.45, 7) is 0. The summed E-state index contributed by atoms with van der Waals surface area (Å²) in [5.74, 6) is 0. The molecule has 0 amide bonds. The van der Waals surface area contributed by atoms with Crippen LogP contribution in [0.1, 0.15) is 0 Å². The first kappa shape index (κ1) is 15.7. The molecule has 0 fully saturated rings. The van der Waals surface area contributed by atoms with Gasteiger partial charge in [0.25, 0.3) is 0 Å². The van der Waals surface area contributed by atoms with Crippen molar-refractivity contribution in [3.63, 3.8) is 0 Å². The van der Waals surface area contributed by atoms with E-state index >= 15 is 0 Å². The van der Waals surface area contributed by atoms with Gasteiger partial charge < -0.3 is 9.11 Å². The van der Waals surface area contributed by atoms with Gasteiger partial charge in [-0.3, -0.25) is 4.21 Å². The molecule has 0 aromatic carbocycles. The van der Waals surface area contributed by atoms with E-state index in [9.17, 15) is 0 Å². The molecule has 0 heterocycles. The molecular weight excluding hydrogens is 131 g/mol. The largest absolute Gasteiger partial charge is 3.00 e. The van der Waals surface area contributed by atoms with Crippen LogP contribution in [-0.2, 0) is 11.4 Å². The Kier molecular flexibility index (Phi) is 25.1. The molecule has 0 saturated carbocycles. The predicted octanol–water partition coefficient (Wildman–Crippen LogP) is -1.77. The normalized spacial score (nSPS) is 5.83. The first-order chi connectivity index (χ1) is 1.73. The quantitative estimate of drug-likeness (QED) is 0.289. The fourth-order valence-corrected chi connectivity index (χ4v) is 0. The average Bonchev–Trinajstić information content (AvgIpc) is 0.811. The van der Waals surface area contributed by atoms with Crippen molar-refractivity contribution >= 4 is 51.8 Å². The molecule has 0 radical (unpaired) electrons. The van der Waals surface area contributed by atoms with Crippen LogP contribution in [0.25, 0.3) is 0 Å². The molecule has 0 atom stereocenters. The first-order valence-electron chi connectivity index (χ1n) is 0.500. The Balaban J connectivity index is -0.0000000450. The van der Waals surface area contributed by atoms with Crippen molar-refractivity contribution in [3.05, 3.63) is 0 Å². The Morgan fingerprint density at radius 3 is 1.33 bits per heavy atom. The smallest absolute Gasteiger partial charge is 0.784 e. The van der Waals surface area contributed by atoms with Gasteiger partial charge in [0.05, 0.1) is 0 Å². The maximum atomic E-state index is 8.44. The standard InChI is InChI=1S/Al.Mg.H2O3S/c;;1-4(2)3/h;;(H2,1,2,3)/q+3;+2;/p-2. The van der Waals surface area contributed by atoms with Crippen LogP contribution in [0.2, 0.25) is 0 Å². The molecule has 0 rings (SSSR count). The Labute approximate surface area is 64.9 Å². The van der Waals surface area contributed by atoms with Crippen LogP contribution >= 0.6 is 0 Å². The van der Waals surface area contributed by atoms with Gasteiger partial charge in [-0.25, -0.2) is 0 Å². The van der Waals surface area contributed by atoms with Crippen molar-refractivity contribution in [3.8, 4) is 0 Å². The molecule has 6 heavy (non-hydrogen) atoms. The van der Waals surface area contributed by atoms with Crippen LogP contribution in [0.3, 0.4) is 0 Å². The maximum Gasteiger partial charge on any atom is 3.00 e. The summed E-state index contributed by atoms with van der Waals surface area (Å²) in [6.07, 6.45) is 0. The van der Waals surface area contributed by atoms with E-state index < -0.39 is 11.4 Å². The van der Waals surface area contributed by atoms with Gasteiger partial charge in [-0.05, 0) is 0 Å². The Morgan fingerprint density at radius 2 is 1.33 bits per heavy atom. The first-order valence-corrected chi connectivity index (χ1v) is 1.50. The summed E-state index contributed by atoms with van der Waals surface area (Å²) in [6, 6.07) is 0. The average molecular weight is 131 g/mol. The van der Waals surface area contributed by atoms with Crippen molar-refractivity contribution in [2.45, 2.75) is 0 Å². The van der Waals surface area contributed by atoms with Crippen LogP contribution in [0, 0.1) is 0 Å². The Morgan fingerprint density at radius 1 is 1.33 bits per heavy atom. The topological polar surface area (TPSA) is 63.2 Å². The van der Waals surface area contributed by atoms with Crippen molar-refractivity contribution in [1.82, 2.24) is 0 Å². The molecule has 0 aliphatic heterocycles. The fourth-order valence-electron chi connectivity index (χ4n) is 0. The molecule has 0 aromatic rings. The van der Waals surface area contributed by atoms with Crippen molar-refractivity contribution in [1.29, 1.82) is 0 Å². The summed E-state index contributed by atoms with van der Waals surface area (Å²) >= 11 is -3.11. The van der Waals surface area contributed by atoms with E-state index in [1.807, 2.05) is 0 Å². The van der Waals surface area contributed by atoms with Crippen LogP contribution in [-0.4, -0.2) is 53.7 Å². The predicted molar refractivity (Wildman–Crippen MR) is 21.2 cm³/mol. The van der Waals surface area contributed by atoms with Crippen molar-refractivity contribution in [2.75, 3.05) is 0 Å². The summed E-state index contributed by atoms with van der Waals surface area (Å²) in [4.78, 5) is 0. The molecule has 0 aromatic heterocycles. The van der Waals surface area contributed by atoms with E-state index in [1.165, 1.54) is 0 Å². The van der Waals surface area contributed by atoms with E-state index in [1.54, 1.807) is 0 Å². The maximum absolute atomic E-state index is 8.44. The zero-order valence-electron chi connectivity index (χ0n) is 2.92. The zero-order valence-corrected chi connectivity index (χ0v) is 6.30. The van der Waals surface area contributed by atoms with Crippen molar-refractivity contribution in [2.24, 2.45) is 0 Å². The van der Waals surface area contributed by atoms with E-state index in [0.717, 1.165) is 0 Å². The molecule has 6 heteroatoms. The molecule has 26 valence electrons. The summed E-state index contributed by atoms with van der Waals surface area (Å²) in [7, 11) is 0. The second kappa shape index (κ2) is 9.62. The monoisotopic (exact) mass is 131 g/mol. The Hall–Kier alpha value is 1.37. The summed E-state index contributed by atoms with van der Waals surface area (Å²) in [5.41, 5.74) is 0. The van der Waals surface area contributed by atoms with Gasteiger partial charge in [-0.1, -0.05) is 0 Å². The minimum atomic E-state index is -3.11. The summed E-state index contributed by atoms with van der Waals surface area (Å²) in [5, 5.41) is 0. The van der Waals surface area contributed by atoms with Crippen LogP contribution in [0.5, 0.6) is 0 Å². The van der Waals surface area contributed by atoms with Gasteiger partial charge in [0.15, 0.2) is 0 Å². The number of rotatable bonds is 0. The zero-order chi connectivity index (χ0) is 3.58. The molecule has 0 aliphatic carbocycles. The van der Waals surface area contributed by atoms with E-state index in [0.29, 0.717) is 0 Å². The Bertz CT molecular complexity index is 33.8. The van der Waals surface area contributed by atoms with Crippen LogP contribution < -0.4 is 0 Å². The minimum Gasteiger partial charge on any atom is -0.784 e. The molecule has 0 saturated heterocycles. The molecule has 0 N–H and O–H groups in total. The third-order valence-corrected chi connectivity index (χ3v) is 0. The SMILES string of the molecule is O=S([O-])[O-].[Al+3].[Mg+2]. The molecular formula is AlMgO3S+3. The van der Waals surface area contributed by atoms with Gasteiger partial charge in [0, 0.05) is 0 Å². The second-order valence-corrected chi connectivity index (χ2v) is 0.612. The third kappa shape index (κ3) is 54.7. The third-order valence-electron chi connectivity index (χ3n) is 0. The van der Waals surface area contributed by atoms with Gasteiger partial charge in [-0.2, -0.15) is 0 Å². The van der Waals surface area contributed by atoms with Gasteiger partial charge in [-0.15, -0.1) is 11.4 Å². The van der Waals surface area contributed by atoms with Gasteiger partial charge in [0.1, 0.15) is 0 Å². The molecule has 0 aliphatic rings. The van der Waals surface area contributed by atoms with E-state index in [-0.39, 0.29) is 40.4 Å². The number of hydrogen-bond donors (Lipinski definition) is 0. The summed E-state index contributed by atoms with van der Waals surface area (Å²) < 4.78 is 25.3. The molecule has 0 bridgehead atoms.